The number of nitrogens with zero attached hydrogens (tertiary/aromatic N) is 1. The summed E-state index contributed by atoms with van der Waals surface area (Å²) in [6.07, 6.45) is 6.21. The number of benzene rings is 1. The maximum Gasteiger partial charge on any atom is 0.166 e. The molecule has 92 valence electrons. The van der Waals surface area contributed by atoms with Crippen LogP contribution in [0.1, 0.15) is 29.6 Å². The molecule has 1 fully saturated rings. The summed E-state index contributed by atoms with van der Waals surface area (Å²) in [6.45, 7) is 0. The van der Waals surface area contributed by atoms with Crippen LogP contribution in [0.5, 0.6) is 0 Å². The standard InChI is InChI=1S/C15H16N2O/c16-14(10-5-6-10)7-15(18)13-9-17-8-11-3-1-2-4-12(11)13/h1-4,8-10,14H,5-7,16H2. The Balaban J connectivity index is 1.90. The maximum atomic E-state index is 12.3. The van der Waals surface area contributed by atoms with Crippen LogP contribution in [0.15, 0.2) is 36.7 Å². The van der Waals surface area contributed by atoms with Gasteiger partial charge in [-0.2, -0.15) is 0 Å². The molecule has 3 rings (SSSR count). The summed E-state index contributed by atoms with van der Waals surface area (Å²) >= 11 is 0. The fraction of sp³-hybridized carbons (Fsp3) is 0.333. The Morgan fingerprint density at radius 3 is 2.89 bits per heavy atom. The lowest BCUT2D eigenvalue weighted by atomic mass is 9.98. The average Bonchev–Trinajstić information content (AvgIpc) is 3.22. The van der Waals surface area contributed by atoms with Crippen LogP contribution in [0.4, 0.5) is 0 Å². The second kappa shape index (κ2) is 4.50. The van der Waals surface area contributed by atoms with Gasteiger partial charge in [-0.15, -0.1) is 0 Å². The van der Waals surface area contributed by atoms with Gasteiger partial charge in [0.15, 0.2) is 5.78 Å². The minimum absolute atomic E-state index is 0.0106. The van der Waals surface area contributed by atoms with Crippen molar-refractivity contribution in [2.75, 3.05) is 0 Å². The second-order valence-corrected chi connectivity index (χ2v) is 5.04. The van der Waals surface area contributed by atoms with Crippen LogP contribution >= 0.6 is 0 Å². The third-order valence-electron chi connectivity index (χ3n) is 3.62. The molecule has 3 heteroatoms. The molecule has 1 unspecified atom stereocenters. The third-order valence-corrected chi connectivity index (χ3v) is 3.62. The molecule has 1 aromatic heterocycles. The van der Waals surface area contributed by atoms with Gasteiger partial charge in [-0.25, -0.2) is 0 Å². The number of nitrogens with two attached hydrogens (primary N) is 1. The van der Waals surface area contributed by atoms with Gasteiger partial charge in [-0.1, -0.05) is 24.3 Å². The summed E-state index contributed by atoms with van der Waals surface area (Å²) in [6, 6.07) is 7.84. The minimum Gasteiger partial charge on any atom is -0.327 e. The summed E-state index contributed by atoms with van der Waals surface area (Å²) in [4.78, 5) is 16.4. The van der Waals surface area contributed by atoms with E-state index in [1.807, 2.05) is 24.3 Å². The van der Waals surface area contributed by atoms with E-state index in [1.54, 1.807) is 12.4 Å². The largest absolute Gasteiger partial charge is 0.327 e. The maximum absolute atomic E-state index is 12.3. The Hall–Kier alpha value is -1.74. The zero-order valence-corrected chi connectivity index (χ0v) is 10.2. The Bertz CT molecular complexity index is 585. The van der Waals surface area contributed by atoms with Crippen LogP contribution in [-0.4, -0.2) is 16.8 Å². The number of hydrogen-bond acceptors (Lipinski definition) is 3. The lowest BCUT2D eigenvalue weighted by Crippen LogP contribution is -2.26. The molecule has 0 saturated heterocycles. The van der Waals surface area contributed by atoms with E-state index in [9.17, 15) is 4.79 Å². The smallest absolute Gasteiger partial charge is 0.166 e. The molecule has 0 bridgehead atoms. The molecule has 18 heavy (non-hydrogen) atoms. The van der Waals surface area contributed by atoms with Gasteiger partial charge in [-0.05, 0) is 24.1 Å². The van der Waals surface area contributed by atoms with E-state index in [4.69, 9.17) is 5.73 Å². The van der Waals surface area contributed by atoms with Gasteiger partial charge < -0.3 is 5.73 Å². The molecule has 1 atom stereocenters. The predicted molar refractivity (Wildman–Crippen MR) is 71.4 cm³/mol. The first-order valence-electron chi connectivity index (χ1n) is 6.37. The van der Waals surface area contributed by atoms with Crippen LogP contribution in [-0.2, 0) is 0 Å². The highest BCUT2D eigenvalue weighted by atomic mass is 16.1. The fourth-order valence-electron chi connectivity index (χ4n) is 2.35. The van der Waals surface area contributed by atoms with Crippen LogP contribution in [0.2, 0.25) is 0 Å². The van der Waals surface area contributed by atoms with E-state index in [2.05, 4.69) is 4.98 Å². The number of hydrogen-bond donors (Lipinski definition) is 1. The first kappa shape index (κ1) is 11.4. The number of fused-ring (bicyclic) bond motifs is 1. The zero-order chi connectivity index (χ0) is 12.5. The molecular weight excluding hydrogens is 224 g/mol. The molecule has 1 aliphatic rings. The molecule has 0 radical (unpaired) electrons. The number of rotatable bonds is 4. The van der Waals surface area contributed by atoms with Gasteiger partial charge in [0, 0.05) is 35.8 Å². The lowest BCUT2D eigenvalue weighted by molar-refractivity contribution is 0.0973. The Labute approximate surface area is 106 Å². The normalized spacial score (nSPS) is 16.7. The number of ketones is 1. The second-order valence-electron chi connectivity index (χ2n) is 5.04. The van der Waals surface area contributed by atoms with E-state index in [0.29, 0.717) is 17.9 Å². The minimum atomic E-state index is 0.0106. The topological polar surface area (TPSA) is 56.0 Å². The number of carbonyl (C=O) groups is 1. The van der Waals surface area contributed by atoms with Gasteiger partial charge in [0.1, 0.15) is 0 Å². The van der Waals surface area contributed by atoms with Gasteiger partial charge in [0.25, 0.3) is 0 Å². The molecule has 0 amide bonds. The molecular formula is C15H16N2O. The molecule has 1 aliphatic carbocycles. The zero-order valence-electron chi connectivity index (χ0n) is 10.2. The summed E-state index contributed by atoms with van der Waals surface area (Å²) < 4.78 is 0. The molecule has 1 saturated carbocycles. The quantitative estimate of drug-likeness (QED) is 0.835. The van der Waals surface area contributed by atoms with Crippen molar-refractivity contribution in [2.24, 2.45) is 11.7 Å². The first-order chi connectivity index (χ1) is 8.75. The SMILES string of the molecule is NC(CC(=O)c1cncc2ccccc12)C1CC1. The Kier molecular flexibility index (Phi) is 2.84. The van der Waals surface area contributed by atoms with Gasteiger partial charge >= 0.3 is 0 Å². The van der Waals surface area contributed by atoms with Crippen molar-refractivity contribution < 1.29 is 4.79 Å². The lowest BCUT2D eigenvalue weighted by Gasteiger charge is -2.10. The van der Waals surface area contributed by atoms with Crippen molar-refractivity contribution in [3.63, 3.8) is 0 Å². The van der Waals surface area contributed by atoms with Gasteiger partial charge in [0.05, 0.1) is 0 Å². The van der Waals surface area contributed by atoms with Crippen LogP contribution < -0.4 is 5.73 Å². The van der Waals surface area contributed by atoms with Gasteiger partial charge in [-0.3, -0.25) is 9.78 Å². The Morgan fingerprint density at radius 2 is 2.11 bits per heavy atom. The predicted octanol–water partition coefficient (Wildman–Crippen LogP) is 2.54. The van der Waals surface area contributed by atoms with Crippen molar-refractivity contribution in [1.29, 1.82) is 0 Å². The molecule has 2 N–H and O–H groups in total. The van der Waals surface area contributed by atoms with Crippen molar-refractivity contribution in [2.45, 2.75) is 25.3 Å². The van der Waals surface area contributed by atoms with E-state index >= 15 is 0 Å². The van der Waals surface area contributed by atoms with E-state index < -0.39 is 0 Å². The van der Waals surface area contributed by atoms with Crippen molar-refractivity contribution >= 4 is 16.6 Å². The van der Waals surface area contributed by atoms with Gasteiger partial charge in [0.2, 0.25) is 0 Å². The number of aromatic nitrogens is 1. The van der Waals surface area contributed by atoms with Crippen LogP contribution in [0, 0.1) is 5.92 Å². The van der Waals surface area contributed by atoms with E-state index in [0.717, 1.165) is 10.8 Å². The van der Waals surface area contributed by atoms with Crippen molar-refractivity contribution in [3.05, 3.63) is 42.2 Å². The van der Waals surface area contributed by atoms with E-state index in [1.165, 1.54) is 12.8 Å². The number of carbonyl (C=O) groups excluding carboxylic acids is 1. The summed E-state index contributed by atoms with van der Waals surface area (Å²) in [7, 11) is 0. The average molecular weight is 240 g/mol. The Morgan fingerprint density at radius 1 is 1.33 bits per heavy atom. The number of pyridine rings is 1. The molecule has 2 aromatic rings. The molecule has 0 aliphatic heterocycles. The van der Waals surface area contributed by atoms with Crippen molar-refractivity contribution in [3.8, 4) is 0 Å². The summed E-state index contributed by atoms with van der Waals surface area (Å²) in [5, 5.41) is 1.98. The monoisotopic (exact) mass is 240 g/mol. The highest BCUT2D eigenvalue weighted by Gasteiger charge is 2.30. The molecule has 0 spiro atoms. The van der Waals surface area contributed by atoms with Crippen LogP contribution in [0.3, 0.4) is 0 Å². The first-order valence-corrected chi connectivity index (χ1v) is 6.37. The highest BCUT2D eigenvalue weighted by Crippen LogP contribution is 2.33. The fourth-order valence-corrected chi connectivity index (χ4v) is 2.35. The highest BCUT2D eigenvalue weighted by molar-refractivity contribution is 6.07. The van der Waals surface area contributed by atoms with E-state index in [-0.39, 0.29) is 11.8 Å². The molecule has 1 aromatic carbocycles. The summed E-state index contributed by atoms with van der Waals surface area (Å²) in [5.74, 6) is 0.663. The molecule has 1 heterocycles. The summed E-state index contributed by atoms with van der Waals surface area (Å²) in [5.41, 5.74) is 6.72. The van der Waals surface area contributed by atoms with Crippen molar-refractivity contribution in [1.82, 2.24) is 4.98 Å². The number of Topliss-reactive ketones (excluding diaryl/α,β-unsaturated/α-hetero) is 1. The van der Waals surface area contributed by atoms with Crippen LogP contribution in [0.25, 0.3) is 10.8 Å². The molecule has 3 nitrogen and oxygen atoms in total. The third kappa shape index (κ3) is 2.14.